The Hall–Kier alpha value is -1.34. The lowest BCUT2D eigenvalue weighted by Crippen LogP contribution is -2.16. The highest BCUT2D eigenvalue weighted by molar-refractivity contribution is 5.85. The van der Waals surface area contributed by atoms with Gasteiger partial charge in [-0.2, -0.15) is 13.2 Å². The molecular formula is C11H14ClF3N2O2. The third-order valence-corrected chi connectivity index (χ3v) is 2.60. The Bertz CT molecular complexity index is 452. The van der Waals surface area contributed by atoms with Crippen LogP contribution in [0.4, 0.5) is 18.9 Å². The van der Waals surface area contributed by atoms with Crippen LogP contribution in [0.1, 0.15) is 30.0 Å². The van der Waals surface area contributed by atoms with Gasteiger partial charge < -0.3 is 5.73 Å². The van der Waals surface area contributed by atoms with E-state index in [0.717, 1.165) is 0 Å². The van der Waals surface area contributed by atoms with Crippen LogP contribution in [0.25, 0.3) is 0 Å². The number of nitrogens with zero attached hydrogens (tertiary/aromatic N) is 1. The topological polar surface area (TPSA) is 69.2 Å². The largest absolute Gasteiger partial charge is 0.389 e. The number of nitro benzene ring substituents is 1. The summed E-state index contributed by atoms with van der Waals surface area (Å²) < 4.78 is 36.1. The lowest BCUT2D eigenvalue weighted by Gasteiger charge is -2.13. The molecule has 0 radical (unpaired) electrons. The minimum atomic E-state index is -4.27. The number of hydrogen-bond donors (Lipinski definition) is 1. The second-order valence-corrected chi connectivity index (χ2v) is 4.06. The lowest BCUT2D eigenvalue weighted by molar-refractivity contribution is -0.385. The van der Waals surface area contributed by atoms with Crippen LogP contribution in [0.5, 0.6) is 0 Å². The predicted molar refractivity (Wildman–Crippen MR) is 67.3 cm³/mol. The molecule has 0 fully saturated rings. The van der Waals surface area contributed by atoms with Crippen molar-refractivity contribution in [3.63, 3.8) is 0 Å². The van der Waals surface area contributed by atoms with Crippen LogP contribution in [0, 0.1) is 17.0 Å². The fourth-order valence-corrected chi connectivity index (χ4v) is 1.54. The van der Waals surface area contributed by atoms with Gasteiger partial charge in [-0.3, -0.25) is 10.1 Å². The van der Waals surface area contributed by atoms with Crippen molar-refractivity contribution in [1.82, 2.24) is 0 Å². The molecule has 1 aromatic carbocycles. The molecule has 0 spiro atoms. The van der Waals surface area contributed by atoms with Gasteiger partial charge in [-0.05, 0) is 18.9 Å². The number of alkyl halides is 3. The molecule has 4 nitrogen and oxygen atoms in total. The molecule has 1 atom stereocenters. The molecule has 0 aliphatic carbocycles. The Morgan fingerprint density at radius 3 is 2.47 bits per heavy atom. The Labute approximate surface area is 114 Å². The van der Waals surface area contributed by atoms with Gasteiger partial charge in [0.25, 0.3) is 5.69 Å². The Balaban J connectivity index is 0.00000324. The number of nitrogens with two attached hydrogens (primary N) is 1. The minimum Gasteiger partial charge on any atom is -0.324 e. The average molecular weight is 299 g/mol. The van der Waals surface area contributed by atoms with E-state index in [-0.39, 0.29) is 24.5 Å². The number of rotatable bonds is 4. The summed E-state index contributed by atoms with van der Waals surface area (Å²) in [7, 11) is 0. The normalized spacial score (nSPS) is 12.7. The zero-order valence-electron chi connectivity index (χ0n) is 10.1. The second-order valence-electron chi connectivity index (χ2n) is 4.06. The van der Waals surface area contributed by atoms with Crippen LogP contribution in [0.2, 0.25) is 0 Å². The molecule has 0 unspecified atom stereocenters. The van der Waals surface area contributed by atoms with Crippen molar-refractivity contribution in [1.29, 1.82) is 0 Å². The highest BCUT2D eigenvalue weighted by Crippen LogP contribution is 2.28. The van der Waals surface area contributed by atoms with Gasteiger partial charge in [0, 0.05) is 24.1 Å². The molecule has 19 heavy (non-hydrogen) atoms. The standard InChI is InChI=1S/C11H13F3N2O2.ClH/c1-7-2-3-8(6-10(7)16(17)18)9(15)4-5-11(12,13)14;/h2-3,6,9H,4-5,15H2,1H3;1H/t9-;/m0./s1. The quantitative estimate of drug-likeness (QED) is 0.681. The summed E-state index contributed by atoms with van der Waals surface area (Å²) in [5.74, 6) is 0. The summed E-state index contributed by atoms with van der Waals surface area (Å²) >= 11 is 0. The van der Waals surface area contributed by atoms with Crippen LogP contribution in [-0.4, -0.2) is 11.1 Å². The number of hydrogen-bond acceptors (Lipinski definition) is 3. The predicted octanol–water partition coefficient (Wildman–Crippen LogP) is 3.67. The first-order valence-electron chi connectivity index (χ1n) is 5.28. The number of aryl methyl sites for hydroxylation is 1. The number of benzene rings is 1. The van der Waals surface area contributed by atoms with Gasteiger partial charge in [0.2, 0.25) is 0 Å². The highest BCUT2D eigenvalue weighted by atomic mass is 35.5. The highest BCUT2D eigenvalue weighted by Gasteiger charge is 2.28. The van der Waals surface area contributed by atoms with Gasteiger partial charge in [-0.15, -0.1) is 12.4 Å². The molecule has 0 heterocycles. The maximum atomic E-state index is 12.0. The van der Waals surface area contributed by atoms with Crippen molar-refractivity contribution < 1.29 is 18.1 Å². The fraction of sp³-hybridized carbons (Fsp3) is 0.455. The molecule has 2 N–H and O–H groups in total. The van der Waals surface area contributed by atoms with E-state index in [0.29, 0.717) is 11.1 Å². The first kappa shape index (κ1) is 17.7. The summed E-state index contributed by atoms with van der Waals surface area (Å²) in [6, 6.07) is 3.38. The molecule has 0 aromatic heterocycles. The van der Waals surface area contributed by atoms with Crippen molar-refractivity contribution >= 4 is 18.1 Å². The van der Waals surface area contributed by atoms with E-state index >= 15 is 0 Å². The maximum Gasteiger partial charge on any atom is 0.389 e. The van der Waals surface area contributed by atoms with E-state index in [1.54, 1.807) is 6.92 Å². The molecule has 108 valence electrons. The fourth-order valence-electron chi connectivity index (χ4n) is 1.54. The molecule has 0 aliphatic heterocycles. The van der Waals surface area contributed by atoms with E-state index in [2.05, 4.69) is 0 Å². The van der Waals surface area contributed by atoms with E-state index in [4.69, 9.17) is 5.73 Å². The molecule has 0 amide bonds. The summed E-state index contributed by atoms with van der Waals surface area (Å²) in [5, 5.41) is 10.7. The Morgan fingerprint density at radius 2 is 2.00 bits per heavy atom. The average Bonchev–Trinajstić information content (AvgIpc) is 2.25. The van der Waals surface area contributed by atoms with Crippen LogP contribution >= 0.6 is 12.4 Å². The van der Waals surface area contributed by atoms with E-state index in [1.807, 2.05) is 0 Å². The zero-order chi connectivity index (χ0) is 13.9. The zero-order valence-corrected chi connectivity index (χ0v) is 10.9. The lowest BCUT2D eigenvalue weighted by atomic mass is 10.0. The summed E-state index contributed by atoms with van der Waals surface area (Å²) in [6.07, 6.45) is -5.56. The van der Waals surface area contributed by atoms with Crippen LogP contribution < -0.4 is 5.73 Å². The van der Waals surface area contributed by atoms with Gasteiger partial charge in [-0.1, -0.05) is 12.1 Å². The molecule has 1 rings (SSSR count). The Morgan fingerprint density at radius 1 is 1.42 bits per heavy atom. The monoisotopic (exact) mass is 298 g/mol. The van der Waals surface area contributed by atoms with Crippen LogP contribution in [0.15, 0.2) is 18.2 Å². The van der Waals surface area contributed by atoms with Crippen molar-refractivity contribution in [3.05, 3.63) is 39.4 Å². The van der Waals surface area contributed by atoms with Gasteiger partial charge in [-0.25, -0.2) is 0 Å². The SMILES string of the molecule is Cc1ccc([C@@H](N)CCC(F)(F)F)cc1[N+](=O)[O-].Cl. The first-order valence-corrected chi connectivity index (χ1v) is 5.28. The molecule has 0 bridgehead atoms. The maximum absolute atomic E-state index is 12.0. The van der Waals surface area contributed by atoms with E-state index in [1.165, 1.54) is 18.2 Å². The molecule has 0 saturated carbocycles. The molecule has 1 aromatic rings. The first-order chi connectivity index (χ1) is 8.20. The smallest absolute Gasteiger partial charge is 0.324 e. The van der Waals surface area contributed by atoms with Gasteiger partial charge in [0.1, 0.15) is 0 Å². The minimum absolute atomic E-state index is 0. The molecule has 0 saturated heterocycles. The van der Waals surface area contributed by atoms with Crippen LogP contribution in [-0.2, 0) is 0 Å². The third-order valence-electron chi connectivity index (χ3n) is 2.60. The van der Waals surface area contributed by atoms with Crippen molar-refractivity contribution in [3.8, 4) is 0 Å². The number of nitro groups is 1. The second kappa shape index (κ2) is 6.72. The van der Waals surface area contributed by atoms with E-state index in [9.17, 15) is 23.3 Å². The van der Waals surface area contributed by atoms with Gasteiger partial charge >= 0.3 is 6.18 Å². The van der Waals surface area contributed by atoms with Crippen LogP contribution in [0.3, 0.4) is 0 Å². The number of halogens is 4. The van der Waals surface area contributed by atoms with Crippen molar-refractivity contribution in [2.75, 3.05) is 0 Å². The summed E-state index contributed by atoms with van der Waals surface area (Å²) in [5.41, 5.74) is 6.26. The molecular weight excluding hydrogens is 285 g/mol. The summed E-state index contributed by atoms with van der Waals surface area (Å²) in [6.45, 7) is 1.56. The Kier molecular flexibility index (Phi) is 6.24. The third kappa shape index (κ3) is 5.44. The van der Waals surface area contributed by atoms with Crippen molar-refractivity contribution in [2.24, 2.45) is 5.73 Å². The van der Waals surface area contributed by atoms with Crippen molar-refractivity contribution in [2.45, 2.75) is 32.0 Å². The van der Waals surface area contributed by atoms with E-state index < -0.39 is 23.6 Å². The van der Waals surface area contributed by atoms with Gasteiger partial charge in [0.05, 0.1) is 4.92 Å². The molecule has 8 heteroatoms. The van der Waals surface area contributed by atoms with Gasteiger partial charge in [0.15, 0.2) is 0 Å². The molecule has 0 aliphatic rings. The summed E-state index contributed by atoms with van der Waals surface area (Å²) in [4.78, 5) is 10.1.